The summed E-state index contributed by atoms with van der Waals surface area (Å²) in [6, 6.07) is 7.38. The number of anilines is 1. The molecule has 1 aliphatic heterocycles. The Morgan fingerprint density at radius 1 is 1.39 bits per heavy atom. The van der Waals surface area contributed by atoms with Crippen molar-refractivity contribution in [3.8, 4) is 0 Å². The number of carbonyl (C=O) groups is 2. The van der Waals surface area contributed by atoms with Crippen molar-refractivity contribution in [1.82, 2.24) is 0 Å². The number of rotatable bonds is 4. The van der Waals surface area contributed by atoms with Gasteiger partial charge in [0.2, 0.25) is 5.91 Å². The predicted molar refractivity (Wildman–Crippen MR) is 69.0 cm³/mol. The van der Waals surface area contributed by atoms with E-state index in [-0.39, 0.29) is 17.7 Å². The number of aryl methyl sites for hydroxylation is 1. The van der Waals surface area contributed by atoms with Crippen LogP contribution < -0.4 is 4.90 Å². The maximum absolute atomic E-state index is 11.6. The van der Waals surface area contributed by atoms with Gasteiger partial charge in [0.25, 0.3) is 0 Å². The monoisotopic (exact) mass is 267 g/mol. The first-order chi connectivity index (χ1) is 8.56. The molecular formula is C13H14ClNO3. The maximum atomic E-state index is 11.6. The molecule has 0 aliphatic carbocycles. The first-order valence-electron chi connectivity index (χ1n) is 5.81. The van der Waals surface area contributed by atoms with Crippen LogP contribution in [-0.2, 0) is 16.0 Å². The average molecular weight is 268 g/mol. The van der Waals surface area contributed by atoms with Crippen LogP contribution in [0.5, 0.6) is 0 Å². The lowest BCUT2D eigenvalue weighted by molar-refractivity contribution is -0.137. The molecule has 1 N–H and O–H groups in total. The van der Waals surface area contributed by atoms with Crippen LogP contribution in [0.2, 0.25) is 0 Å². The number of hydrogen-bond donors (Lipinski definition) is 1. The summed E-state index contributed by atoms with van der Waals surface area (Å²) in [5.41, 5.74) is 1.78. The van der Waals surface area contributed by atoms with Crippen LogP contribution in [0.25, 0.3) is 0 Å². The zero-order valence-electron chi connectivity index (χ0n) is 9.80. The van der Waals surface area contributed by atoms with Gasteiger partial charge in [-0.3, -0.25) is 9.59 Å². The van der Waals surface area contributed by atoms with Crippen LogP contribution >= 0.6 is 11.6 Å². The van der Waals surface area contributed by atoms with E-state index in [1.54, 1.807) is 4.90 Å². The Kier molecular flexibility index (Phi) is 3.87. The van der Waals surface area contributed by atoms with Crippen LogP contribution in [0.1, 0.15) is 18.4 Å². The van der Waals surface area contributed by atoms with Gasteiger partial charge in [0.1, 0.15) is 0 Å². The number of amides is 1. The molecule has 1 atom stereocenters. The fraction of sp³-hybridized carbons (Fsp3) is 0.385. The number of alkyl halides is 1. The van der Waals surface area contributed by atoms with Gasteiger partial charge in [-0.15, -0.1) is 11.6 Å². The van der Waals surface area contributed by atoms with Crippen molar-refractivity contribution in [2.75, 3.05) is 11.4 Å². The van der Waals surface area contributed by atoms with E-state index < -0.39 is 5.97 Å². The van der Waals surface area contributed by atoms with Gasteiger partial charge in [-0.25, -0.2) is 0 Å². The molecule has 1 aromatic rings. The number of carbonyl (C=O) groups excluding carboxylic acids is 1. The predicted octanol–water partition coefficient (Wildman–Crippen LogP) is 2.05. The SMILES string of the molecule is O=C(O)CCc1ccc(N2CC(Cl)CC2=O)cc1. The normalized spacial score (nSPS) is 19.3. The zero-order chi connectivity index (χ0) is 13.1. The average Bonchev–Trinajstić information content (AvgIpc) is 2.66. The largest absolute Gasteiger partial charge is 0.481 e. The summed E-state index contributed by atoms with van der Waals surface area (Å²) < 4.78 is 0. The van der Waals surface area contributed by atoms with Crippen molar-refractivity contribution in [2.24, 2.45) is 0 Å². The summed E-state index contributed by atoms with van der Waals surface area (Å²) in [6.07, 6.45) is 0.996. The number of nitrogens with zero attached hydrogens (tertiary/aromatic N) is 1. The highest BCUT2D eigenvalue weighted by atomic mass is 35.5. The van der Waals surface area contributed by atoms with Crippen LogP contribution in [-0.4, -0.2) is 28.9 Å². The molecule has 96 valence electrons. The highest BCUT2D eigenvalue weighted by Gasteiger charge is 2.28. The van der Waals surface area contributed by atoms with Gasteiger partial charge in [0, 0.05) is 25.1 Å². The van der Waals surface area contributed by atoms with E-state index in [1.807, 2.05) is 24.3 Å². The molecular weight excluding hydrogens is 254 g/mol. The lowest BCUT2D eigenvalue weighted by atomic mass is 10.1. The molecule has 0 bridgehead atoms. The van der Waals surface area contributed by atoms with E-state index in [1.165, 1.54) is 0 Å². The molecule has 1 unspecified atom stereocenters. The molecule has 0 spiro atoms. The Morgan fingerprint density at radius 2 is 2.06 bits per heavy atom. The summed E-state index contributed by atoms with van der Waals surface area (Å²) in [5, 5.41) is 8.48. The standard InChI is InChI=1S/C13H14ClNO3/c14-10-7-12(16)15(8-10)11-4-1-9(2-5-11)3-6-13(17)18/h1-2,4-5,10H,3,6-8H2,(H,17,18). The van der Waals surface area contributed by atoms with Crippen molar-refractivity contribution in [3.63, 3.8) is 0 Å². The van der Waals surface area contributed by atoms with Gasteiger partial charge in [0.05, 0.1) is 5.38 Å². The third kappa shape index (κ3) is 3.01. The van der Waals surface area contributed by atoms with Crippen molar-refractivity contribution in [1.29, 1.82) is 0 Å². The van der Waals surface area contributed by atoms with Crippen LogP contribution in [0.4, 0.5) is 5.69 Å². The Bertz CT molecular complexity index is 458. The van der Waals surface area contributed by atoms with Crippen molar-refractivity contribution >= 4 is 29.2 Å². The molecule has 1 heterocycles. The molecule has 4 nitrogen and oxygen atoms in total. The molecule has 1 aliphatic rings. The first-order valence-corrected chi connectivity index (χ1v) is 6.25. The molecule has 5 heteroatoms. The fourth-order valence-corrected chi connectivity index (χ4v) is 2.28. The summed E-state index contributed by atoms with van der Waals surface area (Å²) in [5.74, 6) is -0.771. The number of halogens is 1. The van der Waals surface area contributed by atoms with Crippen molar-refractivity contribution < 1.29 is 14.7 Å². The lowest BCUT2D eigenvalue weighted by Crippen LogP contribution is -2.24. The van der Waals surface area contributed by atoms with Gasteiger partial charge in [-0.1, -0.05) is 12.1 Å². The van der Waals surface area contributed by atoms with E-state index in [0.29, 0.717) is 19.4 Å². The highest BCUT2D eigenvalue weighted by Crippen LogP contribution is 2.24. The number of benzene rings is 1. The number of aliphatic carboxylic acids is 1. The maximum Gasteiger partial charge on any atom is 0.303 e. The quantitative estimate of drug-likeness (QED) is 0.850. The fourth-order valence-electron chi connectivity index (χ4n) is 2.01. The molecule has 0 aromatic heterocycles. The van der Waals surface area contributed by atoms with Crippen LogP contribution in [0, 0.1) is 0 Å². The van der Waals surface area contributed by atoms with Crippen LogP contribution in [0.3, 0.4) is 0 Å². The summed E-state index contributed by atoms with van der Waals surface area (Å²) in [4.78, 5) is 23.8. The summed E-state index contributed by atoms with van der Waals surface area (Å²) in [6.45, 7) is 0.537. The van der Waals surface area contributed by atoms with E-state index in [2.05, 4.69) is 0 Å². The Morgan fingerprint density at radius 3 is 2.56 bits per heavy atom. The smallest absolute Gasteiger partial charge is 0.303 e. The van der Waals surface area contributed by atoms with Gasteiger partial charge in [-0.2, -0.15) is 0 Å². The number of carboxylic acid groups (broad SMARTS) is 1. The topological polar surface area (TPSA) is 57.6 Å². The molecule has 0 saturated carbocycles. The summed E-state index contributed by atoms with van der Waals surface area (Å²) in [7, 11) is 0. The minimum Gasteiger partial charge on any atom is -0.481 e. The third-order valence-electron chi connectivity index (χ3n) is 2.95. The highest BCUT2D eigenvalue weighted by molar-refractivity contribution is 6.24. The van der Waals surface area contributed by atoms with Crippen molar-refractivity contribution in [3.05, 3.63) is 29.8 Å². The summed E-state index contributed by atoms with van der Waals surface area (Å²) >= 11 is 5.94. The van der Waals surface area contributed by atoms with Gasteiger partial charge in [-0.05, 0) is 24.1 Å². The molecule has 2 rings (SSSR count). The lowest BCUT2D eigenvalue weighted by Gasteiger charge is -2.16. The first kappa shape index (κ1) is 12.9. The Hall–Kier alpha value is -1.55. The minimum atomic E-state index is -0.807. The van der Waals surface area contributed by atoms with E-state index in [4.69, 9.17) is 16.7 Å². The van der Waals surface area contributed by atoms with Gasteiger partial charge >= 0.3 is 5.97 Å². The molecule has 18 heavy (non-hydrogen) atoms. The van der Waals surface area contributed by atoms with E-state index >= 15 is 0 Å². The molecule has 1 aromatic carbocycles. The minimum absolute atomic E-state index is 0.0354. The number of hydrogen-bond acceptors (Lipinski definition) is 2. The van der Waals surface area contributed by atoms with Gasteiger partial charge < -0.3 is 10.0 Å². The van der Waals surface area contributed by atoms with Gasteiger partial charge in [0.15, 0.2) is 0 Å². The van der Waals surface area contributed by atoms with E-state index in [0.717, 1.165) is 11.3 Å². The van der Waals surface area contributed by atoms with Crippen LogP contribution in [0.15, 0.2) is 24.3 Å². The van der Waals surface area contributed by atoms with Crippen molar-refractivity contribution in [2.45, 2.75) is 24.6 Å². The molecule has 1 amide bonds. The Labute approximate surface area is 110 Å². The zero-order valence-corrected chi connectivity index (χ0v) is 10.6. The molecule has 0 radical (unpaired) electrons. The number of carboxylic acids is 1. The molecule has 1 fully saturated rings. The second-order valence-corrected chi connectivity index (χ2v) is 4.98. The second kappa shape index (κ2) is 5.40. The third-order valence-corrected chi connectivity index (χ3v) is 3.25. The van der Waals surface area contributed by atoms with E-state index in [9.17, 15) is 9.59 Å². The molecule has 1 saturated heterocycles. The second-order valence-electron chi connectivity index (χ2n) is 4.37. The Balaban J connectivity index is 2.03.